The van der Waals surface area contributed by atoms with Crippen molar-refractivity contribution in [1.82, 2.24) is 5.32 Å². The zero-order valence-corrected chi connectivity index (χ0v) is 19.4. The van der Waals surface area contributed by atoms with Crippen molar-refractivity contribution in [1.29, 1.82) is 0 Å². The molecule has 0 aliphatic carbocycles. The van der Waals surface area contributed by atoms with Gasteiger partial charge in [0, 0.05) is 31.7 Å². The molecule has 8 heteroatoms. The summed E-state index contributed by atoms with van der Waals surface area (Å²) in [6.07, 6.45) is 1.48. The van der Waals surface area contributed by atoms with E-state index in [2.05, 4.69) is 5.32 Å². The van der Waals surface area contributed by atoms with Gasteiger partial charge >= 0.3 is 17.9 Å². The van der Waals surface area contributed by atoms with Crippen LogP contribution >= 0.6 is 0 Å². The number of hydrogen-bond donors (Lipinski definition) is 1. The van der Waals surface area contributed by atoms with E-state index in [0.29, 0.717) is 18.0 Å². The SMILES string of the molecule is CCOC(=O)/C=C/C(=O)OC(CNC(C)C)COc1cc(C)c(OC(C)=O)c(C)c1C. The quantitative estimate of drug-likeness (QED) is 0.322. The number of carbonyl (C=O) groups is 3. The number of benzene rings is 1. The molecule has 0 heterocycles. The minimum atomic E-state index is -0.665. The summed E-state index contributed by atoms with van der Waals surface area (Å²) in [4.78, 5) is 34.8. The Morgan fingerprint density at radius 1 is 1.06 bits per heavy atom. The van der Waals surface area contributed by atoms with Gasteiger partial charge in [0.25, 0.3) is 0 Å². The fraction of sp³-hybridized carbons (Fsp3) is 0.522. The van der Waals surface area contributed by atoms with E-state index in [9.17, 15) is 14.4 Å². The second kappa shape index (κ2) is 12.7. The lowest BCUT2D eigenvalue weighted by molar-refractivity contribution is -0.145. The molecular formula is C23H33NO7. The molecule has 1 aromatic rings. The summed E-state index contributed by atoms with van der Waals surface area (Å²) < 4.78 is 21.4. The first-order chi connectivity index (χ1) is 14.5. The van der Waals surface area contributed by atoms with Gasteiger partial charge in [-0.25, -0.2) is 9.59 Å². The van der Waals surface area contributed by atoms with Gasteiger partial charge in [-0.1, -0.05) is 13.8 Å². The largest absolute Gasteiger partial charge is 0.489 e. The van der Waals surface area contributed by atoms with Crippen LogP contribution in [0.2, 0.25) is 0 Å². The van der Waals surface area contributed by atoms with E-state index in [0.717, 1.165) is 28.8 Å². The summed E-state index contributed by atoms with van der Waals surface area (Å²) in [6.45, 7) is 13.2. The Morgan fingerprint density at radius 2 is 1.71 bits per heavy atom. The third kappa shape index (κ3) is 9.21. The van der Waals surface area contributed by atoms with E-state index in [4.69, 9.17) is 18.9 Å². The molecule has 0 amide bonds. The minimum Gasteiger partial charge on any atom is -0.489 e. The topological polar surface area (TPSA) is 100 Å². The Labute approximate surface area is 183 Å². The number of rotatable bonds is 11. The maximum atomic E-state index is 12.1. The van der Waals surface area contributed by atoms with E-state index in [1.165, 1.54) is 6.92 Å². The molecule has 0 saturated heterocycles. The van der Waals surface area contributed by atoms with Crippen molar-refractivity contribution in [2.24, 2.45) is 0 Å². The van der Waals surface area contributed by atoms with Crippen molar-refractivity contribution < 1.29 is 33.3 Å². The zero-order chi connectivity index (χ0) is 23.6. The predicted octanol–water partition coefficient (Wildman–Crippen LogP) is 2.95. The lowest BCUT2D eigenvalue weighted by Crippen LogP contribution is -2.38. The first-order valence-corrected chi connectivity index (χ1v) is 10.3. The summed E-state index contributed by atoms with van der Waals surface area (Å²) in [5, 5.41) is 3.21. The number of aryl methyl sites for hydroxylation is 1. The van der Waals surface area contributed by atoms with Crippen molar-refractivity contribution >= 4 is 17.9 Å². The zero-order valence-electron chi connectivity index (χ0n) is 19.4. The minimum absolute atomic E-state index is 0.103. The average Bonchev–Trinajstić information content (AvgIpc) is 2.69. The highest BCUT2D eigenvalue weighted by Crippen LogP contribution is 2.33. The van der Waals surface area contributed by atoms with Gasteiger partial charge in [-0.3, -0.25) is 4.79 Å². The van der Waals surface area contributed by atoms with Crippen LogP contribution in [0.4, 0.5) is 0 Å². The van der Waals surface area contributed by atoms with Crippen molar-refractivity contribution in [2.75, 3.05) is 19.8 Å². The summed E-state index contributed by atoms with van der Waals surface area (Å²) in [7, 11) is 0. The molecule has 0 saturated carbocycles. The van der Waals surface area contributed by atoms with E-state index in [1.54, 1.807) is 13.0 Å². The molecule has 172 valence electrons. The predicted molar refractivity (Wildman–Crippen MR) is 116 cm³/mol. The van der Waals surface area contributed by atoms with Gasteiger partial charge in [0.2, 0.25) is 0 Å². The normalized spacial score (nSPS) is 12.0. The molecule has 1 N–H and O–H groups in total. The smallest absolute Gasteiger partial charge is 0.331 e. The van der Waals surface area contributed by atoms with Crippen LogP contribution in [-0.2, 0) is 23.9 Å². The summed E-state index contributed by atoms with van der Waals surface area (Å²) >= 11 is 0. The highest BCUT2D eigenvalue weighted by atomic mass is 16.6. The second-order valence-electron chi connectivity index (χ2n) is 7.38. The molecule has 8 nitrogen and oxygen atoms in total. The average molecular weight is 436 g/mol. The Bertz CT molecular complexity index is 815. The third-order valence-corrected chi connectivity index (χ3v) is 4.33. The van der Waals surface area contributed by atoms with Gasteiger partial charge in [0.05, 0.1) is 6.61 Å². The molecule has 0 spiro atoms. The molecule has 0 aliphatic rings. The summed E-state index contributed by atoms with van der Waals surface area (Å²) in [5.74, 6) is -0.533. The van der Waals surface area contributed by atoms with Crippen LogP contribution in [0.1, 0.15) is 44.4 Å². The van der Waals surface area contributed by atoms with E-state index in [1.807, 2.05) is 34.6 Å². The van der Waals surface area contributed by atoms with Gasteiger partial charge in [-0.2, -0.15) is 0 Å². The van der Waals surface area contributed by atoms with Crippen molar-refractivity contribution in [3.63, 3.8) is 0 Å². The molecule has 0 radical (unpaired) electrons. The fourth-order valence-corrected chi connectivity index (χ4v) is 2.69. The number of hydrogen-bond acceptors (Lipinski definition) is 8. The molecule has 0 bridgehead atoms. The fourth-order valence-electron chi connectivity index (χ4n) is 2.69. The second-order valence-corrected chi connectivity index (χ2v) is 7.38. The first-order valence-electron chi connectivity index (χ1n) is 10.3. The number of nitrogens with one attached hydrogen (secondary N) is 1. The molecule has 0 aromatic heterocycles. The van der Waals surface area contributed by atoms with E-state index in [-0.39, 0.29) is 25.2 Å². The summed E-state index contributed by atoms with van der Waals surface area (Å²) in [6, 6.07) is 1.97. The number of esters is 3. The van der Waals surface area contributed by atoms with Crippen LogP contribution in [0.5, 0.6) is 11.5 Å². The highest BCUT2D eigenvalue weighted by Gasteiger charge is 2.18. The van der Waals surface area contributed by atoms with Gasteiger partial charge in [0.1, 0.15) is 24.2 Å². The molecule has 1 aromatic carbocycles. The van der Waals surface area contributed by atoms with Crippen LogP contribution in [0.3, 0.4) is 0 Å². The molecule has 1 rings (SSSR count). The van der Waals surface area contributed by atoms with Crippen LogP contribution in [0.25, 0.3) is 0 Å². The molecule has 0 aliphatic heterocycles. The molecule has 1 unspecified atom stereocenters. The Balaban J connectivity index is 2.90. The van der Waals surface area contributed by atoms with Crippen LogP contribution < -0.4 is 14.8 Å². The van der Waals surface area contributed by atoms with Crippen LogP contribution in [0.15, 0.2) is 18.2 Å². The van der Waals surface area contributed by atoms with Gasteiger partial charge in [-0.05, 0) is 50.5 Å². The van der Waals surface area contributed by atoms with E-state index < -0.39 is 18.0 Å². The Hall–Kier alpha value is -2.87. The standard InChI is InChI=1S/C23H33NO7/c1-8-28-21(26)9-10-22(27)31-19(12-24-14(2)3)13-29-20-11-15(4)23(30-18(7)25)17(6)16(20)5/h9-11,14,19,24H,8,12-13H2,1-7H3/b10-9+. The van der Waals surface area contributed by atoms with Gasteiger partial charge in [0.15, 0.2) is 0 Å². The monoisotopic (exact) mass is 435 g/mol. The Morgan fingerprint density at radius 3 is 2.29 bits per heavy atom. The van der Waals surface area contributed by atoms with Crippen molar-refractivity contribution in [3.05, 3.63) is 34.9 Å². The Kier molecular flexibility index (Phi) is 10.8. The molecule has 31 heavy (non-hydrogen) atoms. The molecule has 0 fully saturated rings. The van der Waals surface area contributed by atoms with Crippen molar-refractivity contribution in [3.8, 4) is 11.5 Å². The van der Waals surface area contributed by atoms with Crippen LogP contribution in [-0.4, -0.2) is 49.8 Å². The first kappa shape index (κ1) is 26.2. The lowest BCUT2D eigenvalue weighted by Gasteiger charge is -2.22. The van der Waals surface area contributed by atoms with Crippen molar-refractivity contribution in [2.45, 2.75) is 60.6 Å². The number of ether oxygens (including phenoxy) is 4. The maximum absolute atomic E-state index is 12.1. The van der Waals surface area contributed by atoms with E-state index >= 15 is 0 Å². The summed E-state index contributed by atoms with van der Waals surface area (Å²) in [5.41, 5.74) is 2.39. The molecule has 1 atom stereocenters. The lowest BCUT2D eigenvalue weighted by atomic mass is 10.0. The molecular weight excluding hydrogens is 402 g/mol. The maximum Gasteiger partial charge on any atom is 0.331 e. The number of carbonyl (C=O) groups excluding carboxylic acids is 3. The highest BCUT2D eigenvalue weighted by molar-refractivity contribution is 5.91. The third-order valence-electron chi connectivity index (χ3n) is 4.33. The van der Waals surface area contributed by atoms with Crippen LogP contribution in [0, 0.1) is 20.8 Å². The van der Waals surface area contributed by atoms with Gasteiger partial charge in [-0.15, -0.1) is 0 Å². The van der Waals surface area contributed by atoms with Gasteiger partial charge < -0.3 is 24.3 Å².